The predicted octanol–water partition coefficient (Wildman–Crippen LogP) is 3.25. The van der Waals surface area contributed by atoms with Crippen molar-refractivity contribution in [3.63, 3.8) is 0 Å². The quantitative estimate of drug-likeness (QED) is 0.858. The van der Waals surface area contributed by atoms with E-state index in [1.54, 1.807) is 0 Å². The SMILES string of the molecule is Cc1ccc(CN2C[C@@H]3OC(=O)N(C4CCCC4)[C@@H]3C2)cc1C. The van der Waals surface area contributed by atoms with Crippen LogP contribution in [0, 0.1) is 13.8 Å². The molecule has 3 aliphatic rings. The fourth-order valence-corrected chi connectivity index (χ4v) is 4.43. The van der Waals surface area contributed by atoms with Crippen LogP contribution in [0.1, 0.15) is 42.4 Å². The van der Waals surface area contributed by atoms with E-state index in [-0.39, 0.29) is 18.2 Å². The molecule has 2 aliphatic heterocycles. The molecular formula is C19H26N2O2. The van der Waals surface area contributed by atoms with Crippen LogP contribution >= 0.6 is 0 Å². The van der Waals surface area contributed by atoms with Gasteiger partial charge >= 0.3 is 6.09 Å². The number of amides is 1. The fraction of sp³-hybridized carbons (Fsp3) is 0.632. The summed E-state index contributed by atoms with van der Waals surface area (Å²) in [5, 5.41) is 0. The standard InChI is InChI=1S/C19H26N2O2/c1-13-7-8-15(9-14(13)2)10-20-11-17-18(12-20)23-19(22)21(17)16-5-3-4-6-16/h7-9,16-18H,3-6,10-12H2,1-2H3/t17-,18+/m1/s1. The molecule has 4 nitrogen and oxygen atoms in total. The maximum atomic E-state index is 12.2. The molecule has 1 aromatic carbocycles. The van der Waals surface area contributed by atoms with E-state index in [4.69, 9.17) is 4.74 Å². The molecule has 0 bridgehead atoms. The zero-order valence-corrected chi connectivity index (χ0v) is 14.1. The molecule has 2 heterocycles. The Morgan fingerprint density at radius 1 is 1.13 bits per heavy atom. The summed E-state index contributed by atoms with van der Waals surface area (Å²) in [4.78, 5) is 16.7. The Balaban J connectivity index is 1.44. The van der Waals surface area contributed by atoms with Crippen molar-refractivity contribution in [1.29, 1.82) is 0 Å². The molecule has 2 atom stereocenters. The van der Waals surface area contributed by atoms with E-state index < -0.39 is 0 Å². The minimum absolute atomic E-state index is 0.0645. The number of carbonyl (C=O) groups is 1. The van der Waals surface area contributed by atoms with Crippen LogP contribution in [0.5, 0.6) is 0 Å². The summed E-state index contributed by atoms with van der Waals surface area (Å²) < 4.78 is 5.67. The summed E-state index contributed by atoms with van der Waals surface area (Å²) in [6.45, 7) is 7.08. The molecule has 0 aromatic heterocycles. The van der Waals surface area contributed by atoms with Crippen LogP contribution in [0.3, 0.4) is 0 Å². The van der Waals surface area contributed by atoms with E-state index in [2.05, 4.69) is 41.8 Å². The highest BCUT2D eigenvalue weighted by atomic mass is 16.6. The van der Waals surface area contributed by atoms with Crippen molar-refractivity contribution in [2.24, 2.45) is 0 Å². The maximum Gasteiger partial charge on any atom is 0.410 e. The second-order valence-corrected chi connectivity index (χ2v) is 7.45. The number of nitrogens with zero attached hydrogens (tertiary/aromatic N) is 2. The van der Waals surface area contributed by atoms with Gasteiger partial charge in [-0.3, -0.25) is 9.80 Å². The summed E-state index contributed by atoms with van der Waals surface area (Å²) in [7, 11) is 0. The number of likely N-dealkylation sites (tertiary alicyclic amines) is 1. The lowest BCUT2D eigenvalue weighted by Crippen LogP contribution is -2.43. The van der Waals surface area contributed by atoms with E-state index in [1.807, 2.05) is 0 Å². The van der Waals surface area contributed by atoms with Crippen LogP contribution in [-0.2, 0) is 11.3 Å². The van der Waals surface area contributed by atoms with Crippen LogP contribution in [0.4, 0.5) is 4.79 Å². The van der Waals surface area contributed by atoms with Crippen LogP contribution in [-0.4, -0.2) is 47.2 Å². The van der Waals surface area contributed by atoms with Gasteiger partial charge in [0.05, 0.1) is 6.04 Å². The van der Waals surface area contributed by atoms with Gasteiger partial charge in [0.25, 0.3) is 0 Å². The summed E-state index contributed by atoms with van der Waals surface area (Å²) >= 11 is 0. The largest absolute Gasteiger partial charge is 0.442 e. The van der Waals surface area contributed by atoms with E-state index in [1.165, 1.54) is 29.5 Å². The minimum atomic E-state index is -0.0715. The topological polar surface area (TPSA) is 32.8 Å². The zero-order chi connectivity index (χ0) is 16.0. The van der Waals surface area contributed by atoms with E-state index in [9.17, 15) is 4.79 Å². The maximum absolute atomic E-state index is 12.2. The molecule has 124 valence electrons. The van der Waals surface area contributed by atoms with E-state index >= 15 is 0 Å². The molecule has 4 heteroatoms. The molecule has 0 unspecified atom stereocenters. The molecule has 1 aromatic rings. The van der Waals surface area contributed by atoms with Crippen molar-refractivity contribution in [3.05, 3.63) is 34.9 Å². The van der Waals surface area contributed by atoms with Crippen molar-refractivity contribution in [2.75, 3.05) is 13.1 Å². The van der Waals surface area contributed by atoms with E-state index in [0.717, 1.165) is 32.5 Å². The number of benzene rings is 1. The van der Waals surface area contributed by atoms with Gasteiger partial charge in [-0.05, 0) is 43.4 Å². The van der Waals surface area contributed by atoms with Crippen molar-refractivity contribution in [2.45, 2.75) is 64.3 Å². The first-order valence-corrected chi connectivity index (χ1v) is 8.89. The van der Waals surface area contributed by atoms with Gasteiger partial charge in [0.2, 0.25) is 0 Å². The van der Waals surface area contributed by atoms with Crippen molar-refractivity contribution in [1.82, 2.24) is 9.80 Å². The average molecular weight is 314 g/mol. The molecule has 0 radical (unpaired) electrons. The van der Waals surface area contributed by atoms with Crippen LogP contribution in [0.15, 0.2) is 18.2 Å². The Kier molecular flexibility index (Phi) is 3.80. The lowest BCUT2D eigenvalue weighted by molar-refractivity contribution is 0.113. The molecule has 4 rings (SSSR count). The zero-order valence-electron chi connectivity index (χ0n) is 14.1. The molecule has 0 N–H and O–H groups in total. The molecule has 1 saturated carbocycles. The first-order valence-electron chi connectivity index (χ1n) is 8.89. The van der Waals surface area contributed by atoms with Gasteiger partial charge in [0, 0.05) is 25.7 Å². The second kappa shape index (κ2) is 5.82. The monoisotopic (exact) mass is 314 g/mol. The Labute approximate surface area is 138 Å². The number of hydrogen-bond acceptors (Lipinski definition) is 3. The van der Waals surface area contributed by atoms with Gasteiger partial charge in [-0.1, -0.05) is 31.0 Å². The summed E-state index contributed by atoms with van der Waals surface area (Å²) in [6.07, 6.45) is 4.79. The Morgan fingerprint density at radius 3 is 2.65 bits per heavy atom. The Morgan fingerprint density at radius 2 is 1.91 bits per heavy atom. The van der Waals surface area contributed by atoms with Crippen molar-refractivity contribution < 1.29 is 9.53 Å². The van der Waals surface area contributed by atoms with Crippen LogP contribution in [0.2, 0.25) is 0 Å². The molecule has 0 spiro atoms. The highest BCUT2D eigenvalue weighted by Gasteiger charge is 2.50. The third-order valence-electron chi connectivity index (χ3n) is 5.83. The third-order valence-corrected chi connectivity index (χ3v) is 5.83. The Bertz CT molecular complexity index is 609. The van der Waals surface area contributed by atoms with Crippen molar-refractivity contribution >= 4 is 6.09 Å². The van der Waals surface area contributed by atoms with Gasteiger partial charge in [-0.2, -0.15) is 0 Å². The molecule has 23 heavy (non-hydrogen) atoms. The number of hydrogen-bond donors (Lipinski definition) is 0. The smallest absolute Gasteiger partial charge is 0.410 e. The van der Waals surface area contributed by atoms with Gasteiger partial charge in [-0.25, -0.2) is 4.79 Å². The van der Waals surface area contributed by atoms with Crippen molar-refractivity contribution in [3.8, 4) is 0 Å². The van der Waals surface area contributed by atoms with Gasteiger partial charge < -0.3 is 4.74 Å². The minimum Gasteiger partial charge on any atom is -0.442 e. The fourth-order valence-electron chi connectivity index (χ4n) is 4.43. The van der Waals surface area contributed by atoms with Crippen LogP contribution in [0.25, 0.3) is 0 Å². The number of carbonyl (C=O) groups excluding carboxylic acids is 1. The molecule has 1 aliphatic carbocycles. The summed E-state index contributed by atoms with van der Waals surface area (Å²) in [5.74, 6) is 0. The lowest BCUT2D eigenvalue weighted by Gasteiger charge is -2.27. The third kappa shape index (κ3) is 2.74. The van der Waals surface area contributed by atoms with Gasteiger partial charge in [0.1, 0.15) is 6.10 Å². The normalized spacial score (nSPS) is 28.4. The summed E-state index contributed by atoms with van der Waals surface area (Å²) in [5.41, 5.74) is 4.04. The molecule has 1 amide bonds. The predicted molar refractivity (Wildman–Crippen MR) is 89.3 cm³/mol. The van der Waals surface area contributed by atoms with Crippen LogP contribution < -0.4 is 0 Å². The first kappa shape index (κ1) is 15.0. The highest BCUT2D eigenvalue weighted by molar-refractivity contribution is 5.71. The first-order chi connectivity index (χ1) is 11.1. The molecular weight excluding hydrogens is 288 g/mol. The Hall–Kier alpha value is -1.55. The highest BCUT2D eigenvalue weighted by Crippen LogP contribution is 2.34. The number of fused-ring (bicyclic) bond motifs is 1. The number of ether oxygens (including phenoxy) is 1. The number of aryl methyl sites for hydroxylation is 2. The van der Waals surface area contributed by atoms with E-state index in [0.29, 0.717) is 6.04 Å². The molecule has 3 fully saturated rings. The number of rotatable bonds is 3. The second-order valence-electron chi connectivity index (χ2n) is 7.45. The van der Waals surface area contributed by atoms with Gasteiger partial charge in [0.15, 0.2) is 0 Å². The summed E-state index contributed by atoms with van der Waals surface area (Å²) in [6, 6.07) is 7.38. The molecule has 2 saturated heterocycles. The van der Waals surface area contributed by atoms with Gasteiger partial charge in [-0.15, -0.1) is 0 Å². The average Bonchev–Trinajstić information content (AvgIpc) is 3.19. The lowest BCUT2D eigenvalue weighted by atomic mass is 10.1.